The third kappa shape index (κ3) is 2.26. The molecule has 1 aliphatic rings. The molecule has 1 N–H and O–H groups in total. The first kappa shape index (κ1) is 10.4. The SMILES string of the molecule is CNc1ccnc(C2CCS(=O)(=O)C2)n1. The van der Waals surface area contributed by atoms with Gasteiger partial charge in [-0.2, -0.15) is 0 Å². The normalized spacial score (nSPS) is 23.9. The summed E-state index contributed by atoms with van der Waals surface area (Å²) in [5, 5.41) is 2.91. The van der Waals surface area contributed by atoms with Gasteiger partial charge in [0.05, 0.1) is 11.5 Å². The van der Waals surface area contributed by atoms with E-state index in [-0.39, 0.29) is 17.4 Å². The Labute approximate surface area is 88.9 Å². The molecule has 1 aliphatic heterocycles. The van der Waals surface area contributed by atoms with Gasteiger partial charge in [-0.1, -0.05) is 0 Å². The van der Waals surface area contributed by atoms with Gasteiger partial charge in [-0.15, -0.1) is 0 Å². The van der Waals surface area contributed by atoms with E-state index in [0.29, 0.717) is 12.2 Å². The molecule has 5 nitrogen and oxygen atoms in total. The minimum absolute atomic E-state index is 0.0386. The summed E-state index contributed by atoms with van der Waals surface area (Å²) in [5.74, 6) is 1.75. The molecule has 82 valence electrons. The van der Waals surface area contributed by atoms with Crippen molar-refractivity contribution in [3.05, 3.63) is 18.1 Å². The van der Waals surface area contributed by atoms with Crippen molar-refractivity contribution < 1.29 is 8.42 Å². The second kappa shape index (κ2) is 3.77. The first-order valence-corrected chi connectivity index (χ1v) is 6.64. The van der Waals surface area contributed by atoms with Gasteiger partial charge in [0.2, 0.25) is 0 Å². The fourth-order valence-corrected chi connectivity index (χ4v) is 3.45. The Morgan fingerprint density at radius 3 is 2.93 bits per heavy atom. The van der Waals surface area contributed by atoms with Crippen molar-refractivity contribution in [3.63, 3.8) is 0 Å². The lowest BCUT2D eigenvalue weighted by Crippen LogP contribution is -2.08. The van der Waals surface area contributed by atoms with E-state index in [2.05, 4.69) is 15.3 Å². The molecule has 2 rings (SSSR count). The zero-order valence-corrected chi connectivity index (χ0v) is 9.29. The Kier molecular flexibility index (Phi) is 2.60. The largest absolute Gasteiger partial charge is 0.373 e. The summed E-state index contributed by atoms with van der Waals surface area (Å²) < 4.78 is 22.6. The monoisotopic (exact) mass is 227 g/mol. The molecule has 0 spiro atoms. The lowest BCUT2D eigenvalue weighted by molar-refractivity contribution is 0.601. The maximum absolute atomic E-state index is 11.3. The van der Waals surface area contributed by atoms with Gasteiger partial charge in [-0.05, 0) is 12.5 Å². The Morgan fingerprint density at radius 2 is 2.33 bits per heavy atom. The molecule has 0 radical (unpaired) electrons. The molecule has 0 amide bonds. The van der Waals surface area contributed by atoms with Crippen LogP contribution in [0.2, 0.25) is 0 Å². The molecule has 1 aromatic rings. The Bertz CT molecular complexity index is 458. The number of sulfone groups is 1. The zero-order chi connectivity index (χ0) is 10.9. The fourth-order valence-electron chi connectivity index (χ4n) is 1.71. The number of hydrogen-bond acceptors (Lipinski definition) is 5. The highest BCUT2D eigenvalue weighted by Crippen LogP contribution is 2.26. The summed E-state index contributed by atoms with van der Waals surface area (Å²) in [6.45, 7) is 0. The summed E-state index contributed by atoms with van der Waals surface area (Å²) >= 11 is 0. The van der Waals surface area contributed by atoms with Crippen LogP contribution in [0.4, 0.5) is 5.82 Å². The summed E-state index contributed by atoms with van der Waals surface area (Å²) in [4.78, 5) is 8.37. The van der Waals surface area contributed by atoms with E-state index in [4.69, 9.17) is 0 Å². The second-order valence-corrected chi connectivity index (χ2v) is 5.88. The van der Waals surface area contributed by atoms with E-state index in [1.165, 1.54) is 0 Å². The van der Waals surface area contributed by atoms with Crippen molar-refractivity contribution in [1.82, 2.24) is 9.97 Å². The molecule has 1 unspecified atom stereocenters. The van der Waals surface area contributed by atoms with Crippen LogP contribution in [0.1, 0.15) is 18.2 Å². The van der Waals surface area contributed by atoms with Gasteiger partial charge in [0.25, 0.3) is 0 Å². The van der Waals surface area contributed by atoms with Crippen molar-refractivity contribution in [2.75, 3.05) is 23.9 Å². The number of rotatable bonds is 2. The Balaban J connectivity index is 2.24. The zero-order valence-electron chi connectivity index (χ0n) is 8.47. The fraction of sp³-hybridized carbons (Fsp3) is 0.556. The van der Waals surface area contributed by atoms with E-state index in [0.717, 1.165) is 5.82 Å². The molecule has 0 bridgehead atoms. The standard InChI is InChI=1S/C9H13N3O2S/c1-10-8-2-4-11-9(12-8)7-3-5-15(13,14)6-7/h2,4,7H,3,5-6H2,1H3,(H,10,11,12). The van der Waals surface area contributed by atoms with Crippen molar-refractivity contribution in [3.8, 4) is 0 Å². The molecule has 15 heavy (non-hydrogen) atoms. The number of nitrogens with zero attached hydrogens (tertiary/aromatic N) is 2. The average molecular weight is 227 g/mol. The van der Waals surface area contributed by atoms with Gasteiger partial charge in [0.1, 0.15) is 11.6 Å². The van der Waals surface area contributed by atoms with Crippen molar-refractivity contribution in [2.45, 2.75) is 12.3 Å². The maximum atomic E-state index is 11.3. The minimum Gasteiger partial charge on any atom is -0.373 e. The number of hydrogen-bond donors (Lipinski definition) is 1. The molecule has 2 heterocycles. The lowest BCUT2D eigenvalue weighted by Gasteiger charge is -2.07. The first-order valence-electron chi connectivity index (χ1n) is 4.82. The van der Waals surface area contributed by atoms with E-state index >= 15 is 0 Å². The molecule has 1 aromatic heterocycles. The van der Waals surface area contributed by atoms with Gasteiger partial charge in [0, 0.05) is 19.2 Å². The highest BCUT2D eigenvalue weighted by atomic mass is 32.2. The van der Waals surface area contributed by atoms with E-state index in [9.17, 15) is 8.42 Å². The lowest BCUT2D eigenvalue weighted by atomic mass is 10.1. The molecule has 1 fully saturated rings. The van der Waals surface area contributed by atoms with Crippen molar-refractivity contribution >= 4 is 15.7 Å². The van der Waals surface area contributed by atoms with Crippen LogP contribution in [0, 0.1) is 0 Å². The van der Waals surface area contributed by atoms with Crippen LogP contribution in [-0.2, 0) is 9.84 Å². The van der Waals surface area contributed by atoms with Crippen molar-refractivity contribution in [1.29, 1.82) is 0 Å². The Morgan fingerprint density at radius 1 is 1.53 bits per heavy atom. The molecular weight excluding hydrogens is 214 g/mol. The van der Waals surface area contributed by atoms with Crippen LogP contribution in [-0.4, -0.2) is 36.9 Å². The topological polar surface area (TPSA) is 72.0 Å². The summed E-state index contributed by atoms with van der Waals surface area (Å²) in [7, 11) is -1.09. The molecule has 1 saturated heterocycles. The van der Waals surface area contributed by atoms with E-state index in [1.54, 1.807) is 19.3 Å². The van der Waals surface area contributed by atoms with Crippen LogP contribution in [0.3, 0.4) is 0 Å². The van der Waals surface area contributed by atoms with Gasteiger partial charge < -0.3 is 5.32 Å². The molecule has 1 atom stereocenters. The molecular formula is C9H13N3O2S. The second-order valence-electron chi connectivity index (χ2n) is 3.65. The number of aromatic nitrogens is 2. The van der Waals surface area contributed by atoms with Gasteiger partial charge in [-0.3, -0.25) is 0 Å². The van der Waals surface area contributed by atoms with Gasteiger partial charge in [0.15, 0.2) is 9.84 Å². The van der Waals surface area contributed by atoms with Crippen LogP contribution in [0.25, 0.3) is 0 Å². The summed E-state index contributed by atoms with van der Waals surface area (Å²) in [6, 6.07) is 1.76. The van der Waals surface area contributed by atoms with Crippen LogP contribution in [0.5, 0.6) is 0 Å². The predicted octanol–water partition coefficient (Wildman–Crippen LogP) is 0.420. The minimum atomic E-state index is -2.86. The first-order chi connectivity index (χ1) is 7.11. The summed E-state index contributed by atoms with van der Waals surface area (Å²) in [6.07, 6.45) is 2.29. The van der Waals surface area contributed by atoms with Crippen LogP contribution >= 0.6 is 0 Å². The van der Waals surface area contributed by atoms with Gasteiger partial charge >= 0.3 is 0 Å². The Hall–Kier alpha value is -1.17. The maximum Gasteiger partial charge on any atom is 0.151 e. The third-order valence-corrected chi connectivity index (χ3v) is 4.30. The quantitative estimate of drug-likeness (QED) is 0.792. The predicted molar refractivity (Wildman–Crippen MR) is 57.6 cm³/mol. The third-order valence-electron chi connectivity index (χ3n) is 2.53. The van der Waals surface area contributed by atoms with E-state index in [1.807, 2.05) is 0 Å². The smallest absolute Gasteiger partial charge is 0.151 e. The van der Waals surface area contributed by atoms with Crippen molar-refractivity contribution in [2.24, 2.45) is 0 Å². The van der Waals surface area contributed by atoms with E-state index < -0.39 is 9.84 Å². The van der Waals surface area contributed by atoms with Crippen LogP contribution in [0.15, 0.2) is 12.3 Å². The van der Waals surface area contributed by atoms with Gasteiger partial charge in [-0.25, -0.2) is 18.4 Å². The molecule has 0 saturated carbocycles. The number of anilines is 1. The highest BCUT2D eigenvalue weighted by Gasteiger charge is 2.30. The van der Waals surface area contributed by atoms with Crippen LogP contribution < -0.4 is 5.32 Å². The molecule has 6 heteroatoms. The highest BCUT2D eigenvalue weighted by molar-refractivity contribution is 7.91. The number of nitrogens with one attached hydrogen (secondary N) is 1. The molecule has 0 aliphatic carbocycles. The molecule has 0 aromatic carbocycles. The average Bonchev–Trinajstić information content (AvgIpc) is 2.59. The summed E-state index contributed by atoms with van der Waals surface area (Å²) in [5.41, 5.74) is 0.